The zero-order valence-electron chi connectivity index (χ0n) is 13.0. The van der Waals surface area contributed by atoms with Crippen molar-refractivity contribution >= 4 is 33.3 Å². The predicted octanol–water partition coefficient (Wildman–Crippen LogP) is 4.40. The Kier molecular flexibility index (Phi) is 3.99. The van der Waals surface area contributed by atoms with Crippen molar-refractivity contribution in [1.29, 1.82) is 0 Å². The Balaban J connectivity index is 1.66. The van der Waals surface area contributed by atoms with Gasteiger partial charge in [0.05, 0.1) is 11.1 Å². The van der Waals surface area contributed by atoms with Crippen LogP contribution in [0.2, 0.25) is 0 Å². The third-order valence-corrected chi connectivity index (χ3v) is 6.50. The van der Waals surface area contributed by atoms with Gasteiger partial charge in [-0.2, -0.15) is 0 Å². The third kappa shape index (κ3) is 2.95. The minimum Gasteiger partial charge on any atom is -0.309 e. The summed E-state index contributed by atoms with van der Waals surface area (Å²) >= 11 is 3.41. The molecule has 0 bridgehead atoms. The lowest BCUT2D eigenvalue weighted by molar-refractivity contribution is 0.509. The fourth-order valence-corrected chi connectivity index (χ4v) is 5.32. The second-order valence-corrected chi connectivity index (χ2v) is 8.28. The van der Waals surface area contributed by atoms with E-state index in [0.29, 0.717) is 11.7 Å². The lowest BCUT2D eigenvalue weighted by Gasteiger charge is -2.17. The van der Waals surface area contributed by atoms with Crippen LogP contribution in [0.4, 0.5) is 0 Å². The fraction of sp³-hybridized carbons (Fsp3) is 0.333. The third-order valence-electron chi connectivity index (χ3n) is 4.33. The van der Waals surface area contributed by atoms with Gasteiger partial charge in [-0.25, -0.2) is 4.98 Å². The van der Waals surface area contributed by atoms with Gasteiger partial charge in [-0.1, -0.05) is 25.1 Å². The molecule has 1 atom stereocenters. The van der Waals surface area contributed by atoms with E-state index in [1.54, 1.807) is 23.1 Å². The molecule has 3 aromatic rings. The largest absolute Gasteiger partial charge is 0.309 e. The summed E-state index contributed by atoms with van der Waals surface area (Å²) in [7, 11) is 0. The van der Waals surface area contributed by atoms with E-state index in [2.05, 4.69) is 24.0 Å². The summed E-state index contributed by atoms with van der Waals surface area (Å²) in [5.41, 5.74) is 1.28. The van der Waals surface area contributed by atoms with Crippen LogP contribution in [0.3, 0.4) is 0 Å². The van der Waals surface area contributed by atoms with E-state index >= 15 is 0 Å². The second-order valence-electron chi connectivity index (χ2n) is 6.15. The van der Waals surface area contributed by atoms with E-state index in [9.17, 15) is 4.79 Å². The first-order chi connectivity index (χ1) is 11.2. The Morgan fingerprint density at radius 3 is 3.00 bits per heavy atom. The van der Waals surface area contributed by atoms with Crippen molar-refractivity contribution in [1.82, 2.24) is 9.97 Å². The van der Waals surface area contributed by atoms with Crippen LogP contribution in [0.5, 0.6) is 0 Å². The first-order valence-corrected chi connectivity index (χ1v) is 9.72. The van der Waals surface area contributed by atoms with E-state index < -0.39 is 0 Å². The second kappa shape index (κ2) is 6.13. The van der Waals surface area contributed by atoms with Crippen molar-refractivity contribution in [2.45, 2.75) is 36.8 Å². The molecular weight excluding hydrogens is 324 g/mol. The molecule has 3 nitrogen and oxygen atoms in total. The van der Waals surface area contributed by atoms with Gasteiger partial charge in [-0.05, 0) is 42.9 Å². The first kappa shape index (κ1) is 15.0. The number of aromatic nitrogens is 2. The first-order valence-electron chi connectivity index (χ1n) is 7.92. The van der Waals surface area contributed by atoms with Crippen molar-refractivity contribution in [3.05, 3.63) is 57.0 Å². The highest BCUT2D eigenvalue weighted by Crippen LogP contribution is 2.35. The van der Waals surface area contributed by atoms with Gasteiger partial charge in [0.15, 0.2) is 0 Å². The Morgan fingerprint density at radius 2 is 2.17 bits per heavy atom. The van der Waals surface area contributed by atoms with Crippen molar-refractivity contribution in [2.75, 3.05) is 0 Å². The van der Waals surface area contributed by atoms with Gasteiger partial charge in [-0.3, -0.25) is 4.79 Å². The molecule has 118 valence electrons. The van der Waals surface area contributed by atoms with Gasteiger partial charge in [0, 0.05) is 9.77 Å². The number of rotatable bonds is 3. The molecule has 0 radical (unpaired) electrons. The highest BCUT2D eigenvalue weighted by atomic mass is 32.2. The molecule has 1 N–H and O–H groups in total. The van der Waals surface area contributed by atoms with E-state index in [0.717, 1.165) is 28.9 Å². The molecule has 5 heteroatoms. The highest BCUT2D eigenvalue weighted by molar-refractivity contribution is 7.98. The molecule has 2 heterocycles. The van der Waals surface area contributed by atoms with Crippen molar-refractivity contribution in [3.63, 3.8) is 0 Å². The zero-order valence-corrected chi connectivity index (χ0v) is 14.6. The lowest BCUT2D eigenvalue weighted by atomic mass is 9.89. The molecule has 2 aromatic heterocycles. The summed E-state index contributed by atoms with van der Waals surface area (Å²) in [6.45, 7) is 2.28. The summed E-state index contributed by atoms with van der Waals surface area (Å²) < 4.78 is 0. The van der Waals surface area contributed by atoms with Gasteiger partial charge in [0.1, 0.15) is 10.7 Å². The molecular formula is C18H18N2OS2. The maximum atomic E-state index is 12.5. The van der Waals surface area contributed by atoms with Crippen molar-refractivity contribution in [3.8, 4) is 0 Å². The van der Waals surface area contributed by atoms with Gasteiger partial charge in [-0.15, -0.1) is 23.1 Å². The van der Waals surface area contributed by atoms with Crippen LogP contribution in [0, 0.1) is 5.92 Å². The molecule has 0 spiro atoms. The predicted molar refractivity (Wildman–Crippen MR) is 97.4 cm³/mol. The average molecular weight is 342 g/mol. The summed E-state index contributed by atoms with van der Waals surface area (Å²) in [4.78, 5) is 23.7. The van der Waals surface area contributed by atoms with Crippen LogP contribution in [-0.2, 0) is 18.6 Å². The number of thioether (sulfide) groups is 1. The quantitative estimate of drug-likeness (QED) is 0.718. The number of thiophene rings is 1. The SMILES string of the molecule is CC1CCc2c(sc3nc(CSc4ccccc4)[nH]c(=O)c23)C1. The maximum Gasteiger partial charge on any atom is 0.259 e. The van der Waals surface area contributed by atoms with E-state index in [-0.39, 0.29) is 5.56 Å². The summed E-state index contributed by atoms with van der Waals surface area (Å²) in [5.74, 6) is 2.17. The minimum atomic E-state index is 0.0331. The maximum absolute atomic E-state index is 12.5. The van der Waals surface area contributed by atoms with Crippen molar-refractivity contribution < 1.29 is 0 Å². The monoisotopic (exact) mass is 342 g/mol. The van der Waals surface area contributed by atoms with Crippen LogP contribution in [0.15, 0.2) is 40.0 Å². The molecule has 0 fully saturated rings. The summed E-state index contributed by atoms with van der Waals surface area (Å²) in [5, 5.41) is 0.838. The average Bonchev–Trinajstić information content (AvgIpc) is 2.91. The number of nitrogens with one attached hydrogen (secondary N) is 1. The summed E-state index contributed by atoms with van der Waals surface area (Å²) in [6, 6.07) is 10.2. The molecule has 0 aliphatic heterocycles. The minimum absolute atomic E-state index is 0.0331. The standard InChI is InChI=1S/C18H18N2OS2/c1-11-7-8-13-14(9-11)23-18-16(13)17(21)19-15(20-18)10-22-12-5-3-2-4-6-12/h2-6,11H,7-10H2,1H3,(H,19,20,21). The molecule has 0 saturated carbocycles. The Labute approximate surface area is 143 Å². The number of hydrogen-bond donors (Lipinski definition) is 1. The molecule has 0 saturated heterocycles. The Bertz CT molecular complexity index is 899. The fourth-order valence-electron chi connectivity index (χ4n) is 3.13. The topological polar surface area (TPSA) is 45.8 Å². The normalized spacial score (nSPS) is 17.3. The molecule has 1 aliphatic rings. The molecule has 1 unspecified atom stereocenters. The lowest BCUT2D eigenvalue weighted by Crippen LogP contribution is -2.14. The van der Waals surface area contributed by atoms with Crippen molar-refractivity contribution in [2.24, 2.45) is 5.92 Å². The van der Waals surface area contributed by atoms with Crippen LogP contribution in [0.25, 0.3) is 10.2 Å². The van der Waals surface area contributed by atoms with Crippen LogP contribution in [-0.4, -0.2) is 9.97 Å². The zero-order chi connectivity index (χ0) is 15.8. The number of aryl methyl sites for hydroxylation is 1. The van der Waals surface area contributed by atoms with Gasteiger partial charge in [0.25, 0.3) is 5.56 Å². The van der Waals surface area contributed by atoms with E-state index in [1.165, 1.54) is 21.8 Å². The number of benzene rings is 1. The Hall–Kier alpha value is -1.59. The van der Waals surface area contributed by atoms with E-state index in [4.69, 9.17) is 4.98 Å². The number of H-pyrrole nitrogens is 1. The number of hydrogen-bond acceptors (Lipinski definition) is 4. The molecule has 1 aliphatic carbocycles. The molecule has 4 rings (SSSR count). The number of nitrogens with zero attached hydrogens (tertiary/aromatic N) is 1. The molecule has 23 heavy (non-hydrogen) atoms. The smallest absolute Gasteiger partial charge is 0.259 e. The van der Waals surface area contributed by atoms with Crippen LogP contribution >= 0.6 is 23.1 Å². The number of aromatic amines is 1. The van der Waals surface area contributed by atoms with Gasteiger partial charge >= 0.3 is 0 Å². The highest BCUT2D eigenvalue weighted by Gasteiger charge is 2.22. The van der Waals surface area contributed by atoms with Crippen LogP contribution in [0.1, 0.15) is 29.6 Å². The van der Waals surface area contributed by atoms with Gasteiger partial charge in [0.2, 0.25) is 0 Å². The van der Waals surface area contributed by atoms with E-state index in [1.807, 2.05) is 18.2 Å². The Morgan fingerprint density at radius 1 is 1.35 bits per heavy atom. The number of fused-ring (bicyclic) bond motifs is 3. The van der Waals surface area contributed by atoms with Gasteiger partial charge < -0.3 is 4.98 Å². The van der Waals surface area contributed by atoms with Crippen LogP contribution < -0.4 is 5.56 Å². The summed E-state index contributed by atoms with van der Waals surface area (Å²) in [6.07, 6.45) is 3.27. The molecule has 0 amide bonds. The molecule has 1 aromatic carbocycles.